The molecular weight excluding hydrogens is 715 g/mol. The third-order valence-corrected chi connectivity index (χ3v) is 10.8. The van der Waals surface area contributed by atoms with Gasteiger partial charge in [-0.2, -0.15) is 0 Å². The molecule has 57 heavy (non-hydrogen) atoms. The number of hydrogen-bond donors (Lipinski definition) is 3. The molecule has 3 N–H and O–H groups in total. The third-order valence-electron chi connectivity index (χ3n) is 10.8. The van der Waals surface area contributed by atoms with Crippen molar-refractivity contribution in [2.45, 2.75) is 177 Å². The van der Waals surface area contributed by atoms with E-state index in [1.54, 1.807) is 0 Å². The van der Waals surface area contributed by atoms with Crippen molar-refractivity contribution in [2.75, 3.05) is 0 Å². The molecule has 0 fully saturated rings. The number of nitrogens with zero attached hydrogens (tertiary/aromatic N) is 3. The van der Waals surface area contributed by atoms with E-state index in [2.05, 4.69) is 0 Å². The fraction of sp³-hybridized carbons (Fsp3) is 0.562. The molecule has 0 aliphatic carbocycles. The van der Waals surface area contributed by atoms with E-state index in [1.807, 2.05) is 161 Å². The van der Waals surface area contributed by atoms with E-state index in [-0.39, 0.29) is 36.9 Å². The van der Waals surface area contributed by atoms with Crippen molar-refractivity contribution in [2.24, 2.45) is 0 Å². The van der Waals surface area contributed by atoms with Gasteiger partial charge in [-0.05, 0) is 119 Å². The second-order valence-electron chi connectivity index (χ2n) is 22.2. The predicted molar refractivity (Wildman–Crippen MR) is 233 cm³/mol. The first-order chi connectivity index (χ1) is 25.5. The highest BCUT2D eigenvalue weighted by Gasteiger charge is 2.31. The van der Waals surface area contributed by atoms with Gasteiger partial charge in [-0.15, -0.1) is 0 Å². The van der Waals surface area contributed by atoms with Gasteiger partial charge in [0.1, 0.15) is 17.2 Å². The Morgan fingerprint density at radius 3 is 0.596 bits per heavy atom. The fourth-order valence-corrected chi connectivity index (χ4v) is 7.42. The molecule has 0 spiro atoms. The van der Waals surface area contributed by atoms with Crippen molar-refractivity contribution in [3.8, 4) is 17.2 Å². The molecular formula is C48H69N3O6. The Balaban J connectivity index is 2.12. The molecule has 0 aliphatic rings. The zero-order chi connectivity index (χ0) is 43.8. The molecule has 1 aromatic heterocycles. The number of phenols is 3. The summed E-state index contributed by atoms with van der Waals surface area (Å²) in [5.41, 5.74) is 1.06. The summed E-state index contributed by atoms with van der Waals surface area (Å²) in [5.74, 6) is 0.547. The molecule has 0 amide bonds. The molecule has 4 rings (SSSR count). The lowest BCUT2D eigenvalue weighted by Gasteiger charge is -2.29. The number of aromatic hydroxyl groups is 3. The number of phenolic OH excluding ortho intramolecular Hbond substituents is 3. The van der Waals surface area contributed by atoms with Crippen LogP contribution in [0.1, 0.15) is 175 Å². The highest BCUT2D eigenvalue weighted by molar-refractivity contribution is 5.52. The van der Waals surface area contributed by atoms with Crippen LogP contribution in [-0.2, 0) is 52.1 Å². The van der Waals surface area contributed by atoms with Crippen LogP contribution in [0.4, 0.5) is 0 Å². The van der Waals surface area contributed by atoms with Crippen LogP contribution in [-0.4, -0.2) is 29.0 Å². The number of benzene rings is 3. The minimum atomic E-state index is -0.761. The molecule has 9 heteroatoms. The molecule has 0 atom stereocenters. The topological polar surface area (TPSA) is 127 Å². The van der Waals surface area contributed by atoms with Crippen LogP contribution in [0.3, 0.4) is 0 Å². The first-order valence-electron chi connectivity index (χ1n) is 20.1. The van der Waals surface area contributed by atoms with E-state index in [0.29, 0.717) is 50.1 Å². The minimum absolute atomic E-state index is 0.142. The molecule has 312 valence electrons. The van der Waals surface area contributed by atoms with Crippen LogP contribution in [0.5, 0.6) is 17.2 Å². The van der Waals surface area contributed by atoms with Crippen LogP contribution in [0.25, 0.3) is 0 Å². The Kier molecular flexibility index (Phi) is 11.6. The van der Waals surface area contributed by atoms with Gasteiger partial charge in [0.25, 0.3) is 0 Å². The summed E-state index contributed by atoms with van der Waals surface area (Å²) >= 11 is 0. The van der Waals surface area contributed by atoms with Gasteiger partial charge < -0.3 is 15.3 Å². The van der Waals surface area contributed by atoms with Gasteiger partial charge >= 0.3 is 17.1 Å². The second kappa shape index (κ2) is 14.7. The molecule has 4 aromatic rings. The van der Waals surface area contributed by atoms with Gasteiger partial charge in [-0.25, -0.2) is 28.1 Å². The summed E-state index contributed by atoms with van der Waals surface area (Å²) in [7, 11) is 0. The van der Waals surface area contributed by atoms with E-state index >= 15 is 0 Å². The van der Waals surface area contributed by atoms with Gasteiger partial charge in [0.15, 0.2) is 0 Å². The molecule has 0 unspecified atom stereocenters. The summed E-state index contributed by atoms with van der Waals surface area (Å²) in [4.78, 5) is 44.0. The Morgan fingerprint density at radius 1 is 0.333 bits per heavy atom. The first kappa shape index (κ1) is 45.2. The van der Waals surface area contributed by atoms with Crippen molar-refractivity contribution in [3.63, 3.8) is 0 Å². The van der Waals surface area contributed by atoms with Crippen LogP contribution in [0, 0.1) is 0 Å². The maximum atomic E-state index is 14.7. The van der Waals surface area contributed by atoms with E-state index in [4.69, 9.17) is 0 Å². The highest BCUT2D eigenvalue weighted by atomic mass is 16.3. The van der Waals surface area contributed by atoms with Crippen molar-refractivity contribution in [1.82, 2.24) is 13.7 Å². The Labute approximate surface area is 340 Å². The Hall–Kier alpha value is -4.53. The van der Waals surface area contributed by atoms with Crippen molar-refractivity contribution >= 4 is 0 Å². The summed E-state index contributed by atoms with van der Waals surface area (Å²) in [6.07, 6.45) is 0. The van der Waals surface area contributed by atoms with Gasteiger partial charge in [0, 0.05) is 0 Å². The summed E-state index contributed by atoms with van der Waals surface area (Å²) in [6, 6.07) is 11.0. The average molecular weight is 784 g/mol. The fourth-order valence-electron chi connectivity index (χ4n) is 7.42. The summed E-state index contributed by atoms with van der Waals surface area (Å²) in [5, 5.41) is 34.4. The van der Waals surface area contributed by atoms with Crippen molar-refractivity contribution < 1.29 is 15.3 Å². The average Bonchev–Trinajstić information content (AvgIpc) is 3.02. The monoisotopic (exact) mass is 784 g/mol. The molecule has 0 radical (unpaired) electrons. The van der Waals surface area contributed by atoms with Gasteiger partial charge in [0.2, 0.25) is 0 Å². The molecule has 0 bridgehead atoms. The molecule has 1 heterocycles. The first-order valence-corrected chi connectivity index (χ1v) is 20.1. The number of hydrogen-bond acceptors (Lipinski definition) is 6. The second-order valence-corrected chi connectivity index (χ2v) is 22.2. The molecule has 0 saturated heterocycles. The molecule has 0 saturated carbocycles. The van der Waals surface area contributed by atoms with Crippen LogP contribution in [0.2, 0.25) is 0 Å². The lowest BCUT2D eigenvalue weighted by Crippen LogP contribution is -2.55. The van der Waals surface area contributed by atoms with E-state index in [0.717, 1.165) is 13.7 Å². The normalized spacial score (nSPS) is 13.4. The smallest absolute Gasteiger partial charge is 0.336 e. The summed E-state index contributed by atoms with van der Waals surface area (Å²) in [6.45, 7) is 35.6. The quantitative estimate of drug-likeness (QED) is 0.179. The van der Waals surface area contributed by atoms with E-state index in [1.165, 1.54) is 0 Å². The third kappa shape index (κ3) is 9.45. The predicted octanol–water partition coefficient (Wildman–Crippen LogP) is 9.22. The lowest BCUT2D eigenvalue weighted by molar-refractivity contribution is 0.421. The van der Waals surface area contributed by atoms with E-state index in [9.17, 15) is 29.7 Å². The van der Waals surface area contributed by atoms with Crippen LogP contribution < -0.4 is 17.1 Å². The van der Waals surface area contributed by atoms with Gasteiger partial charge in [-0.3, -0.25) is 0 Å². The summed E-state index contributed by atoms with van der Waals surface area (Å²) < 4.78 is 3.33. The standard InChI is InChI=1S/C48H69N3O6/c1-43(2,3)31-19-28(20-32(37(31)52)44(4,5)6)25-49-40(55)50(26-29-21-33(45(7,8)9)38(53)34(22-29)46(10,11)12)42(57)51(41(49)56)27-30-23-35(47(13,14)15)39(54)36(24-30)48(16,17)18/h19-24,52-54H,25-27H2,1-18H3. The maximum absolute atomic E-state index is 14.7. The van der Waals surface area contributed by atoms with Crippen molar-refractivity contribution in [3.05, 3.63) is 118 Å². The van der Waals surface area contributed by atoms with Crippen LogP contribution in [0.15, 0.2) is 50.8 Å². The Bertz CT molecular complexity index is 1960. The van der Waals surface area contributed by atoms with Gasteiger partial charge in [-0.1, -0.05) is 125 Å². The minimum Gasteiger partial charge on any atom is -0.507 e. The highest BCUT2D eigenvalue weighted by Crippen LogP contribution is 2.42. The largest absolute Gasteiger partial charge is 0.507 e. The lowest BCUT2D eigenvalue weighted by atomic mass is 9.78. The molecule has 3 aromatic carbocycles. The maximum Gasteiger partial charge on any atom is 0.336 e. The molecule has 0 aliphatic heterocycles. The van der Waals surface area contributed by atoms with E-state index < -0.39 is 49.6 Å². The SMILES string of the molecule is CC(C)(C)c1cc(Cn2c(=O)n(Cc3cc(C(C)(C)C)c(O)c(C(C)(C)C)c3)c(=O)n(Cc3cc(C(C)(C)C)c(O)c(C(C)(C)C)c3)c2=O)cc(C(C)(C)C)c1O. The van der Waals surface area contributed by atoms with Gasteiger partial charge in [0.05, 0.1) is 19.6 Å². The zero-order valence-corrected chi connectivity index (χ0v) is 38.0. The number of rotatable bonds is 6. The Morgan fingerprint density at radius 2 is 0.474 bits per heavy atom. The number of aromatic nitrogens is 3. The zero-order valence-electron chi connectivity index (χ0n) is 38.0. The molecule has 9 nitrogen and oxygen atoms in total. The van der Waals surface area contributed by atoms with Crippen LogP contribution >= 0.6 is 0 Å². The van der Waals surface area contributed by atoms with Crippen molar-refractivity contribution in [1.29, 1.82) is 0 Å².